The van der Waals surface area contributed by atoms with E-state index in [1.165, 1.54) is 31.2 Å². The molecule has 30 heavy (non-hydrogen) atoms. The first kappa shape index (κ1) is 21.4. The summed E-state index contributed by atoms with van der Waals surface area (Å²) in [5.74, 6) is -1.11. The number of hydrogen-bond donors (Lipinski definition) is 1. The molecule has 0 saturated carbocycles. The van der Waals surface area contributed by atoms with E-state index in [1.54, 1.807) is 42.5 Å². The molecule has 0 amide bonds. The van der Waals surface area contributed by atoms with Crippen molar-refractivity contribution >= 4 is 21.8 Å². The van der Waals surface area contributed by atoms with Gasteiger partial charge in [0.2, 0.25) is 15.8 Å². The molecule has 0 heterocycles. The first-order valence-electron chi connectivity index (χ1n) is 9.31. The number of sulfonamides is 1. The molecule has 0 spiro atoms. The molecule has 1 atom stereocenters. The quantitative estimate of drug-likeness (QED) is 0.442. The van der Waals surface area contributed by atoms with Crippen LogP contribution in [0.25, 0.3) is 0 Å². The van der Waals surface area contributed by atoms with Gasteiger partial charge in [0, 0.05) is 12.1 Å². The zero-order valence-corrected chi connectivity index (χ0v) is 17.1. The Hall–Kier alpha value is -3.29. The fraction of sp³-hybridized carbons (Fsp3) is 0.130. The second-order valence-corrected chi connectivity index (χ2v) is 8.38. The smallest absolute Gasteiger partial charge is 0.338 e. The van der Waals surface area contributed by atoms with Crippen LogP contribution in [0.3, 0.4) is 0 Å². The minimum atomic E-state index is -3.83. The van der Waals surface area contributed by atoms with E-state index in [0.717, 1.165) is 5.56 Å². The fourth-order valence-corrected chi connectivity index (χ4v) is 3.83. The van der Waals surface area contributed by atoms with Crippen LogP contribution < -0.4 is 4.72 Å². The maximum Gasteiger partial charge on any atom is 0.338 e. The zero-order valence-electron chi connectivity index (χ0n) is 16.3. The van der Waals surface area contributed by atoms with Crippen molar-refractivity contribution in [2.24, 2.45) is 0 Å². The lowest BCUT2D eigenvalue weighted by atomic mass is 10.1. The summed E-state index contributed by atoms with van der Waals surface area (Å²) in [6.45, 7) is 1.61. The largest absolute Gasteiger partial charge is 0.451 e. The number of esters is 1. The van der Waals surface area contributed by atoms with Gasteiger partial charge in [-0.25, -0.2) is 17.9 Å². The van der Waals surface area contributed by atoms with Gasteiger partial charge in [0.05, 0.1) is 10.5 Å². The highest BCUT2D eigenvalue weighted by Crippen LogP contribution is 2.15. The fourth-order valence-electron chi connectivity index (χ4n) is 2.77. The van der Waals surface area contributed by atoms with E-state index >= 15 is 0 Å². The molecule has 0 aliphatic heterocycles. The van der Waals surface area contributed by atoms with E-state index in [4.69, 9.17) is 4.74 Å². The summed E-state index contributed by atoms with van der Waals surface area (Å²) < 4.78 is 32.9. The molecule has 0 aromatic heterocycles. The monoisotopic (exact) mass is 423 g/mol. The molecule has 3 aromatic rings. The molecule has 0 fully saturated rings. The van der Waals surface area contributed by atoms with E-state index in [-0.39, 0.29) is 22.8 Å². The summed E-state index contributed by atoms with van der Waals surface area (Å²) in [4.78, 5) is 24.8. The van der Waals surface area contributed by atoms with Crippen molar-refractivity contribution in [2.75, 3.05) is 0 Å². The van der Waals surface area contributed by atoms with Crippen molar-refractivity contribution in [3.05, 3.63) is 102 Å². The van der Waals surface area contributed by atoms with Gasteiger partial charge in [0.25, 0.3) is 0 Å². The van der Waals surface area contributed by atoms with Crippen molar-refractivity contribution in [1.29, 1.82) is 0 Å². The predicted octanol–water partition coefficient (Wildman–Crippen LogP) is 3.59. The van der Waals surface area contributed by atoms with Crippen LogP contribution in [-0.2, 0) is 21.3 Å². The summed E-state index contributed by atoms with van der Waals surface area (Å²) >= 11 is 0. The third-order valence-corrected chi connectivity index (χ3v) is 5.80. The lowest BCUT2D eigenvalue weighted by Crippen LogP contribution is -2.25. The van der Waals surface area contributed by atoms with Crippen LogP contribution in [0.4, 0.5) is 0 Å². The van der Waals surface area contributed by atoms with Crippen LogP contribution in [-0.4, -0.2) is 26.3 Å². The first-order valence-corrected chi connectivity index (χ1v) is 10.8. The van der Waals surface area contributed by atoms with Crippen molar-refractivity contribution in [1.82, 2.24) is 4.72 Å². The predicted molar refractivity (Wildman–Crippen MR) is 113 cm³/mol. The highest BCUT2D eigenvalue weighted by molar-refractivity contribution is 7.89. The molecule has 0 bridgehead atoms. The summed E-state index contributed by atoms with van der Waals surface area (Å²) in [5.41, 5.74) is 1.29. The maximum atomic E-state index is 12.6. The second kappa shape index (κ2) is 9.47. The van der Waals surface area contributed by atoms with E-state index in [1.807, 2.05) is 18.2 Å². The lowest BCUT2D eigenvalue weighted by molar-refractivity contribution is 0.0318. The number of benzene rings is 3. The lowest BCUT2D eigenvalue weighted by Gasteiger charge is -2.13. The number of nitrogens with one attached hydrogen (secondary N) is 1. The average molecular weight is 423 g/mol. The van der Waals surface area contributed by atoms with Crippen molar-refractivity contribution in [2.45, 2.75) is 24.5 Å². The Kier molecular flexibility index (Phi) is 6.76. The van der Waals surface area contributed by atoms with E-state index in [2.05, 4.69) is 4.72 Å². The van der Waals surface area contributed by atoms with Gasteiger partial charge in [-0.2, -0.15) is 0 Å². The molecule has 6 nitrogen and oxygen atoms in total. The number of carbonyl (C=O) groups excluding carboxylic acids is 2. The Morgan fingerprint density at radius 3 is 2.13 bits per heavy atom. The van der Waals surface area contributed by atoms with Gasteiger partial charge in [-0.15, -0.1) is 0 Å². The van der Waals surface area contributed by atoms with E-state index in [0.29, 0.717) is 5.56 Å². The van der Waals surface area contributed by atoms with Crippen LogP contribution in [0.15, 0.2) is 89.8 Å². The Morgan fingerprint density at radius 2 is 1.47 bits per heavy atom. The zero-order chi connectivity index (χ0) is 21.6. The number of Topliss-reactive ketones (excluding diaryl/α,β-unsaturated/α-hetero) is 1. The molecule has 0 radical (unpaired) electrons. The van der Waals surface area contributed by atoms with Gasteiger partial charge in [0.1, 0.15) is 0 Å². The minimum absolute atomic E-state index is 0.0466. The molecular weight excluding hydrogens is 402 g/mol. The standard InChI is InChI=1S/C23H21NO5S/c1-17(22(25)19-11-6-3-7-12-19)29-23(26)20-13-8-14-21(15-20)30(27,28)24-16-18-9-4-2-5-10-18/h2-15,17,24H,16H2,1H3. The maximum absolute atomic E-state index is 12.6. The van der Waals surface area contributed by atoms with Gasteiger partial charge < -0.3 is 4.74 Å². The van der Waals surface area contributed by atoms with Crippen LogP contribution in [0.5, 0.6) is 0 Å². The Labute approximate surface area is 175 Å². The van der Waals surface area contributed by atoms with Gasteiger partial charge in [-0.05, 0) is 30.7 Å². The molecule has 1 unspecified atom stereocenters. The third-order valence-electron chi connectivity index (χ3n) is 4.40. The van der Waals surface area contributed by atoms with Crippen molar-refractivity contribution in [3.63, 3.8) is 0 Å². The number of ketones is 1. The number of carbonyl (C=O) groups is 2. The topological polar surface area (TPSA) is 89.5 Å². The molecule has 1 N–H and O–H groups in total. The molecule has 154 valence electrons. The van der Waals surface area contributed by atoms with Gasteiger partial charge in [-0.1, -0.05) is 66.7 Å². The minimum Gasteiger partial charge on any atom is -0.451 e. The first-order chi connectivity index (χ1) is 14.4. The van der Waals surface area contributed by atoms with Crippen LogP contribution in [0, 0.1) is 0 Å². The van der Waals surface area contributed by atoms with Gasteiger partial charge in [-0.3, -0.25) is 4.79 Å². The van der Waals surface area contributed by atoms with Crippen LogP contribution in [0.1, 0.15) is 33.2 Å². The molecular formula is C23H21NO5S. The van der Waals surface area contributed by atoms with Crippen molar-refractivity contribution < 1.29 is 22.7 Å². The molecule has 0 aliphatic rings. The summed E-state index contributed by atoms with van der Waals surface area (Å²) in [6, 6.07) is 23.1. The number of ether oxygens (including phenoxy) is 1. The van der Waals surface area contributed by atoms with E-state index in [9.17, 15) is 18.0 Å². The molecule has 0 aliphatic carbocycles. The summed E-state index contributed by atoms with van der Waals surface area (Å²) in [7, 11) is -3.83. The van der Waals surface area contributed by atoms with Crippen LogP contribution in [0.2, 0.25) is 0 Å². The SMILES string of the molecule is CC(OC(=O)c1cccc(S(=O)(=O)NCc2ccccc2)c1)C(=O)c1ccccc1. The third kappa shape index (κ3) is 5.40. The van der Waals surface area contributed by atoms with Crippen LogP contribution >= 0.6 is 0 Å². The molecule has 0 saturated heterocycles. The van der Waals surface area contributed by atoms with E-state index < -0.39 is 22.1 Å². The molecule has 3 aromatic carbocycles. The normalized spacial score (nSPS) is 12.2. The Bertz CT molecular complexity index is 1130. The average Bonchev–Trinajstić information content (AvgIpc) is 2.78. The van der Waals surface area contributed by atoms with Gasteiger partial charge >= 0.3 is 5.97 Å². The Morgan fingerprint density at radius 1 is 0.867 bits per heavy atom. The summed E-state index contributed by atoms with van der Waals surface area (Å²) in [5, 5.41) is 0. The number of hydrogen-bond acceptors (Lipinski definition) is 5. The highest BCUT2D eigenvalue weighted by atomic mass is 32.2. The van der Waals surface area contributed by atoms with Gasteiger partial charge in [0.15, 0.2) is 6.10 Å². The molecule has 7 heteroatoms. The summed E-state index contributed by atoms with van der Waals surface area (Å²) in [6.07, 6.45) is -1.00. The van der Waals surface area contributed by atoms with Crippen molar-refractivity contribution in [3.8, 4) is 0 Å². The Balaban J connectivity index is 1.69. The highest BCUT2D eigenvalue weighted by Gasteiger charge is 2.22. The number of rotatable bonds is 8. The molecule has 3 rings (SSSR count). The second-order valence-electron chi connectivity index (χ2n) is 6.62.